The standard InChI is InChI=1S/C33H26N8O21S6/c34-29-25(67(57,58)59)7-13-5-17(63(45,46)47)11-21(42)27(13)31(29)40-38-19-3-1-15(9-23(19)65(51,52)53)36-33(44)37-16-2-4-20(24(10-16)66(54,55)56)39-41-32-28-14(8-26(30(32)35)68(60,61)62)6-18(12-22(28)43)64(48,49)50/h1-12,34-35,38-41H,(H2,36,37,44)(H,45,46,47)(H,48,49,50)(H,51,52,53)(H,54,55,56)(H,57,58,59)(H,60,61,62). The number of benzene rings is 2. The Bertz CT molecular complexity index is 3510. The highest BCUT2D eigenvalue weighted by Gasteiger charge is 2.38. The van der Waals surface area contributed by atoms with E-state index in [1.807, 2.05) is 0 Å². The molecule has 29 nitrogen and oxygen atoms in total. The summed E-state index contributed by atoms with van der Waals surface area (Å²) in [7, 11) is -31.2. The molecule has 0 radical (unpaired) electrons. The van der Waals surface area contributed by atoms with E-state index in [0.717, 1.165) is 24.3 Å². The minimum absolute atomic E-state index is 0.408. The molecule has 6 rings (SSSR count). The molecule has 360 valence electrons. The van der Waals surface area contributed by atoms with Crippen LogP contribution < -0.4 is 32.3 Å². The molecular formula is C33H26N8O21S6. The van der Waals surface area contributed by atoms with Crippen molar-refractivity contribution in [2.24, 2.45) is 0 Å². The average Bonchev–Trinajstić information content (AvgIpc) is 3.18. The Morgan fingerprint density at radius 2 is 0.779 bits per heavy atom. The molecule has 4 aliphatic carbocycles. The molecule has 0 atom stereocenters. The summed E-state index contributed by atoms with van der Waals surface area (Å²) in [6.45, 7) is 0. The zero-order valence-electron chi connectivity index (χ0n) is 32.7. The maximum atomic E-state index is 13.0. The van der Waals surface area contributed by atoms with Gasteiger partial charge in [0.15, 0.2) is 11.6 Å². The monoisotopic (exact) mass is 1060 g/mol. The van der Waals surface area contributed by atoms with Crippen molar-refractivity contribution in [3.8, 4) is 0 Å². The number of hydrogen-bond donors (Lipinski definition) is 14. The Kier molecular flexibility index (Phi) is 12.8. The van der Waals surface area contributed by atoms with E-state index < -0.39 is 176 Å². The van der Waals surface area contributed by atoms with Crippen molar-refractivity contribution in [3.05, 3.63) is 126 Å². The zero-order valence-corrected chi connectivity index (χ0v) is 37.6. The van der Waals surface area contributed by atoms with Crippen LogP contribution in [0.1, 0.15) is 0 Å². The molecule has 0 saturated carbocycles. The smallest absolute Gasteiger partial charge is 0.308 e. The van der Waals surface area contributed by atoms with Crippen LogP contribution in [0.25, 0.3) is 0 Å². The largest absolute Gasteiger partial charge is 0.323 e. The number of ketones is 2. The van der Waals surface area contributed by atoms with Crippen LogP contribution >= 0.6 is 0 Å². The third-order valence-corrected chi connectivity index (χ3v) is 14.3. The van der Waals surface area contributed by atoms with Gasteiger partial charge in [-0.3, -0.25) is 69.4 Å². The van der Waals surface area contributed by atoms with E-state index in [1.165, 1.54) is 0 Å². The highest BCUT2D eigenvalue weighted by Crippen LogP contribution is 2.36. The molecular weight excluding hydrogens is 1040 g/mol. The Labute approximate surface area is 381 Å². The van der Waals surface area contributed by atoms with Gasteiger partial charge in [-0.25, -0.2) is 4.79 Å². The Morgan fingerprint density at radius 1 is 0.441 bits per heavy atom. The molecule has 35 heteroatoms. The zero-order chi connectivity index (χ0) is 50.9. The molecule has 0 saturated heterocycles. The molecule has 68 heavy (non-hydrogen) atoms. The highest BCUT2D eigenvalue weighted by atomic mass is 32.2. The number of urea groups is 1. The van der Waals surface area contributed by atoms with Crippen LogP contribution in [0, 0.1) is 10.8 Å². The van der Waals surface area contributed by atoms with Gasteiger partial charge < -0.3 is 10.6 Å². The van der Waals surface area contributed by atoms with Crippen LogP contribution in [-0.4, -0.2) is 107 Å². The second-order valence-corrected chi connectivity index (χ2v) is 22.0. The first kappa shape index (κ1) is 50.4. The summed E-state index contributed by atoms with van der Waals surface area (Å²) in [5.74, 6) is -2.44. The lowest BCUT2D eigenvalue weighted by Crippen LogP contribution is -2.35. The number of rotatable bonds is 14. The molecule has 2 amide bonds. The van der Waals surface area contributed by atoms with Crippen LogP contribution in [0.2, 0.25) is 0 Å². The predicted octanol–water partition coefficient (Wildman–Crippen LogP) is 0.337. The number of nitrogens with one attached hydrogen (secondary N) is 8. The van der Waals surface area contributed by atoms with Crippen LogP contribution in [0.4, 0.5) is 27.5 Å². The Morgan fingerprint density at radius 3 is 1.07 bits per heavy atom. The van der Waals surface area contributed by atoms with Crippen molar-refractivity contribution in [1.29, 1.82) is 10.8 Å². The normalized spacial score (nSPS) is 17.1. The van der Waals surface area contributed by atoms with Crippen LogP contribution in [-0.2, 0) is 70.3 Å². The molecule has 0 spiro atoms. The van der Waals surface area contributed by atoms with E-state index in [1.54, 1.807) is 0 Å². The van der Waals surface area contributed by atoms with Crippen LogP contribution in [0.15, 0.2) is 136 Å². The fourth-order valence-electron chi connectivity index (χ4n) is 6.25. The third kappa shape index (κ3) is 10.6. The minimum Gasteiger partial charge on any atom is -0.308 e. The first-order chi connectivity index (χ1) is 31.0. The number of carbonyl (C=O) groups excluding carboxylic acids is 3. The molecule has 0 fully saturated rings. The molecule has 14 N–H and O–H groups in total. The quantitative estimate of drug-likeness (QED) is 0.0896. The van der Waals surface area contributed by atoms with Crippen molar-refractivity contribution in [2.45, 2.75) is 9.79 Å². The van der Waals surface area contributed by atoms with Crippen molar-refractivity contribution < 1.29 is 92.2 Å². The van der Waals surface area contributed by atoms with Gasteiger partial charge in [0, 0.05) is 23.5 Å². The summed E-state index contributed by atoms with van der Waals surface area (Å²) < 4.78 is 203. The summed E-state index contributed by atoms with van der Waals surface area (Å²) in [6, 6.07) is 3.68. The predicted molar refractivity (Wildman–Crippen MR) is 233 cm³/mol. The maximum absolute atomic E-state index is 13.0. The summed E-state index contributed by atoms with van der Waals surface area (Å²) in [5, 5.41) is 20.9. The van der Waals surface area contributed by atoms with E-state index in [0.29, 0.717) is 48.6 Å². The summed E-state index contributed by atoms with van der Waals surface area (Å²) in [5.41, 5.74) is 0.592. The average molecular weight is 1060 g/mol. The number of hydrogen-bond acceptors (Lipinski definition) is 21. The number of fused-ring (bicyclic) bond motifs is 2. The topological polar surface area (TPSA) is 497 Å². The number of anilines is 4. The van der Waals surface area contributed by atoms with Crippen molar-refractivity contribution in [2.75, 3.05) is 21.5 Å². The van der Waals surface area contributed by atoms with Gasteiger partial charge in [0.1, 0.15) is 31.0 Å². The van der Waals surface area contributed by atoms with Crippen molar-refractivity contribution in [1.82, 2.24) is 10.9 Å². The fourth-order valence-corrected chi connectivity index (χ4v) is 9.93. The number of allylic oxidation sites excluding steroid dienone is 12. The molecule has 2 aromatic rings. The van der Waals surface area contributed by atoms with Crippen molar-refractivity contribution in [3.63, 3.8) is 0 Å². The van der Waals surface area contributed by atoms with E-state index >= 15 is 0 Å². The van der Waals surface area contributed by atoms with Gasteiger partial charge in [-0.2, -0.15) is 50.5 Å². The molecule has 2 aromatic carbocycles. The lowest BCUT2D eigenvalue weighted by Gasteiger charge is -2.25. The number of hydrazine groups is 2. The van der Waals surface area contributed by atoms with Gasteiger partial charge in [0.2, 0.25) is 0 Å². The molecule has 0 aromatic heterocycles. The van der Waals surface area contributed by atoms with Crippen LogP contribution in [0.3, 0.4) is 0 Å². The van der Waals surface area contributed by atoms with E-state index in [4.69, 9.17) is 10.8 Å². The first-order valence-corrected chi connectivity index (χ1v) is 26.0. The third-order valence-electron chi connectivity index (χ3n) is 9.11. The summed E-state index contributed by atoms with van der Waals surface area (Å²) in [6.07, 6.45) is 3.16. The molecule has 0 bridgehead atoms. The van der Waals surface area contributed by atoms with E-state index in [9.17, 15) is 92.2 Å². The second kappa shape index (κ2) is 17.2. The molecule has 4 aliphatic rings. The summed E-state index contributed by atoms with van der Waals surface area (Å²) in [4.78, 5) is 32.5. The first-order valence-electron chi connectivity index (χ1n) is 17.4. The van der Waals surface area contributed by atoms with Gasteiger partial charge in [-0.05, 0) is 71.8 Å². The van der Waals surface area contributed by atoms with Gasteiger partial charge in [-0.15, -0.1) is 0 Å². The van der Waals surface area contributed by atoms with Gasteiger partial charge in [-0.1, -0.05) is 0 Å². The molecule has 0 heterocycles. The van der Waals surface area contributed by atoms with Gasteiger partial charge in [0.05, 0.1) is 43.7 Å². The van der Waals surface area contributed by atoms with Gasteiger partial charge in [0.25, 0.3) is 60.7 Å². The van der Waals surface area contributed by atoms with Gasteiger partial charge >= 0.3 is 6.03 Å². The fraction of sp³-hybridized carbons (Fsp3) is 0. The van der Waals surface area contributed by atoms with Crippen LogP contribution in [0.5, 0.6) is 0 Å². The number of carbonyl (C=O) groups is 3. The van der Waals surface area contributed by atoms with Crippen molar-refractivity contribution >= 4 is 112 Å². The lowest BCUT2D eigenvalue weighted by molar-refractivity contribution is -0.112. The minimum atomic E-state index is -5.28. The van der Waals surface area contributed by atoms with E-state index in [-0.39, 0.29) is 0 Å². The lowest BCUT2D eigenvalue weighted by atomic mass is 9.89. The Balaban J connectivity index is 1.24. The maximum Gasteiger partial charge on any atom is 0.323 e. The summed E-state index contributed by atoms with van der Waals surface area (Å²) >= 11 is 0. The molecule has 0 aliphatic heterocycles. The molecule has 0 unspecified atom stereocenters. The Hall–Kier alpha value is -7.03. The SMILES string of the molecule is N=C1C(S(=O)(=O)O)=CC2=CC(S(=O)(=O)O)=CC(=O)C2=C1NNc1ccc(NC(=O)Nc2ccc(NNC3=C4C(=O)C=C(S(=O)(=O)O)C=C4C=C(S(=O)(=O)O)C3=N)c(S(=O)(=O)O)c2)cc1S(=O)(=O)O. The van der Waals surface area contributed by atoms with E-state index in [2.05, 4.69) is 32.3 Å². The number of amides is 2. The highest BCUT2D eigenvalue weighted by molar-refractivity contribution is 7.91. The second-order valence-electron chi connectivity index (χ2n) is 13.6.